The Morgan fingerprint density at radius 3 is 2.33 bits per heavy atom. The lowest BCUT2D eigenvalue weighted by Gasteiger charge is -2.31. The third kappa shape index (κ3) is 6.87. The first-order valence-corrected chi connectivity index (χ1v) is 12.0. The van der Waals surface area contributed by atoms with Crippen molar-refractivity contribution < 1.29 is 28.7 Å². The van der Waals surface area contributed by atoms with Crippen LogP contribution in [-0.2, 0) is 16.1 Å². The molecule has 1 saturated carbocycles. The van der Waals surface area contributed by atoms with Crippen molar-refractivity contribution in [2.24, 2.45) is 0 Å². The molecule has 3 rings (SSSR count). The summed E-state index contributed by atoms with van der Waals surface area (Å²) in [6.07, 6.45) is 4.50. The molecule has 0 aliphatic heterocycles. The second-order valence-electron chi connectivity index (χ2n) is 8.66. The molecule has 1 N–H and O–H groups in total. The molecular formula is C26H33N3O7. The summed E-state index contributed by atoms with van der Waals surface area (Å²) in [7, 11) is 2.90. The zero-order valence-corrected chi connectivity index (χ0v) is 20.9. The molecule has 0 spiro atoms. The van der Waals surface area contributed by atoms with Crippen molar-refractivity contribution in [3.8, 4) is 17.2 Å². The first-order chi connectivity index (χ1) is 17.4. The molecule has 194 valence electrons. The van der Waals surface area contributed by atoms with Crippen LogP contribution in [0.4, 0.5) is 5.69 Å². The van der Waals surface area contributed by atoms with Crippen molar-refractivity contribution in [2.45, 2.75) is 57.7 Å². The maximum Gasteiger partial charge on any atom is 0.311 e. The highest BCUT2D eigenvalue weighted by Gasteiger charge is 2.31. The van der Waals surface area contributed by atoms with E-state index < -0.39 is 11.0 Å². The summed E-state index contributed by atoms with van der Waals surface area (Å²) in [5, 5.41) is 14.2. The minimum Gasteiger partial charge on any atom is -0.497 e. The average Bonchev–Trinajstić information content (AvgIpc) is 3.40. The number of methoxy groups -OCH3 is 2. The van der Waals surface area contributed by atoms with Gasteiger partial charge in [-0.2, -0.15) is 0 Å². The molecule has 2 aromatic carbocycles. The standard InChI is InChI=1S/C26H33N3O7/c1-4-22(26(31)27-19-7-5-6-8-19)28(16-18-9-11-20(34-2)12-10-18)25(30)17-36-21-13-14-23(29(32)33)24(15-21)35-3/h9-15,19,22H,4-8,16-17H2,1-3H3,(H,27,31). The largest absolute Gasteiger partial charge is 0.497 e. The molecule has 1 aliphatic rings. The Labute approximate surface area is 210 Å². The van der Waals surface area contributed by atoms with E-state index in [1.807, 2.05) is 19.1 Å². The smallest absolute Gasteiger partial charge is 0.311 e. The summed E-state index contributed by atoms with van der Waals surface area (Å²) in [6, 6.07) is 10.8. The van der Waals surface area contributed by atoms with E-state index in [1.54, 1.807) is 19.2 Å². The topological polar surface area (TPSA) is 120 Å². The van der Waals surface area contributed by atoms with Crippen LogP contribution in [0.1, 0.15) is 44.6 Å². The minimum atomic E-state index is -0.671. The van der Waals surface area contributed by atoms with Crippen LogP contribution in [0.3, 0.4) is 0 Å². The van der Waals surface area contributed by atoms with Crippen LogP contribution in [0.2, 0.25) is 0 Å². The zero-order valence-electron chi connectivity index (χ0n) is 20.9. The van der Waals surface area contributed by atoms with Gasteiger partial charge in [0, 0.05) is 24.7 Å². The van der Waals surface area contributed by atoms with E-state index >= 15 is 0 Å². The fourth-order valence-corrected chi connectivity index (χ4v) is 4.34. The molecule has 0 heterocycles. The van der Waals surface area contributed by atoms with Gasteiger partial charge in [-0.25, -0.2) is 0 Å². The summed E-state index contributed by atoms with van der Waals surface area (Å²) in [5.41, 5.74) is 0.639. The Hall–Kier alpha value is -3.82. The molecule has 0 aromatic heterocycles. The van der Waals surface area contributed by atoms with Gasteiger partial charge in [0.2, 0.25) is 11.7 Å². The Kier molecular flexibility index (Phi) is 9.49. The Morgan fingerprint density at radius 1 is 1.08 bits per heavy atom. The number of amides is 2. The molecule has 10 heteroatoms. The number of benzene rings is 2. The molecule has 0 bridgehead atoms. The number of hydrogen-bond acceptors (Lipinski definition) is 7. The summed E-state index contributed by atoms with van der Waals surface area (Å²) >= 11 is 0. The second kappa shape index (κ2) is 12.8. The first kappa shape index (κ1) is 26.8. The number of rotatable bonds is 12. The second-order valence-corrected chi connectivity index (χ2v) is 8.66. The van der Waals surface area contributed by atoms with Crippen LogP contribution in [-0.4, -0.2) is 54.5 Å². The molecule has 1 aliphatic carbocycles. The van der Waals surface area contributed by atoms with Crippen LogP contribution in [0.25, 0.3) is 0 Å². The van der Waals surface area contributed by atoms with Crippen LogP contribution in [0.15, 0.2) is 42.5 Å². The summed E-state index contributed by atoms with van der Waals surface area (Å²) in [5.74, 6) is 0.416. The molecule has 1 unspecified atom stereocenters. The number of nitrogens with one attached hydrogen (secondary N) is 1. The number of ether oxygens (including phenoxy) is 3. The summed E-state index contributed by atoms with van der Waals surface area (Å²) in [4.78, 5) is 38.7. The van der Waals surface area contributed by atoms with Gasteiger partial charge in [0.25, 0.3) is 5.91 Å². The van der Waals surface area contributed by atoms with E-state index in [1.165, 1.54) is 30.2 Å². The Balaban J connectivity index is 1.78. The highest BCUT2D eigenvalue weighted by molar-refractivity contribution is 5.88. The number of nitro benzene ring substituents is 1. The van der Waals surface area contributed by atoms with Gasteiger partial charge < -0.3 is 24.4 Å². The molecule has 0 radical (unpaired) electrons. The normalized spacial score (nSPS) is 14.1. The SMILES string of the molecule is CCC(C(=O)NC1CCCC1)N(Cc1ccc(OC)cc1)C(=O)COc1ccc([N+](=O)[O-])c(OC)c1. The van der Waals surface area contributed by atoms with E-state index in [0.717, 1.165) is 31.2 Å². The lowest BCUT2D eigenvalue weighted by atomic mass is 10.1. The molecule has 1 atom stereocenters. The van der Waals surface area contributed by atoms with Gasteiger partial charge in [-0.05, 0) is 43.0 Å². The van der Waals surface area contributed by atoms with Crippen LogP contribution >= 0.6 is 0 Å². The lowest BCUT2D eigenvalue weighted by molar-refractivity contribution is -0.385. The van der Waals surface area contributed by atoms with Crippen molar-refractivity contribution in [2.75, 3.05) is 20.8 Å². The monoisotopic (exact) mass is 499 g/mol. The fraction of sp³-hybridized carbons (Fsp3) is 0.462. The van der Waals surface area contributed by atoms with Gasteiger partial charge in [0.05, 0.1) is 19.1 Å². The van der Waals surface area contributed by atoms with Crippen molar-refractivity contribution in [3.63, 3.8) is 0 Å². The predicted molar refractivity (Wildman–Crippen MR) is 133 cm³/mol. The highest BCUT2D eigenvalue weighted by atomic mass is 16.6. The molecule has 2 aromatic rings. The van der Waals surface area contributed by atoms with Gasteiger partial charge in [-0.15, -0.1) is 0 Å². The van der Waals surface area contributed by atoms with E-state index in [-0.39, 0.29) is 48.2 Å². The van der Waals surface area contributed by atoms with E-state index in [0.29, 0.717) is 12.2 Å². The molecule has 0 saturated heterocycles. The summed E-state index contributed by atoms with van der Waals surface area (Å²) in [6.45, 7) is 1.74. The van der Waals surface area contributed by atoms with Crippen molar-refractivity contribution in [1.29, 1.82) is 0 Å². The van der Waals surface area contributed by atoms with Gasteiger partial charge >= 0.3 is 5.69 Å². The van der Waals surface area contributed by atoms with E-state index in [9.17, 15) is 19.7 Å². The maximum absolute atomic E-state index is 13.4. The van der Waals surface area contributed by atoms with Crippen LogP contribution in [0, 0.1) is 10.1 Å². The van der Waals surface area contributed by atoms with E-state index in [4.69, 9.17) is 14.2 Å². The van der Waals surface area contributed by atoms with E-state index in [2.05, 4.69) is 5.32 Å². The molecule has 1 fully saturated rings. The van der Waals surface area contributed by atoms with Gasteiger partial charge in [-0.3, -0.25) is 19.7 Å². The number of hydrogen-bond donors (Lipinski definition) is 1. The van der Waals surface area contributed by atoms with Gasteiger partial charge in [0.15, 0.2) is 6.61 Å². The molecular weight excluding hydrogens is 466 g/mol. The maximum atomic E-state index is 13.4. The molecule has 36 heavy (non-hydrogen) atoms. The molecule has 2 amide bonds. The van der Waals surface area contributed by atoms with Crippen molar-refractivity contribution in [3.05, 3.63) is 58.1 Å². The first-order valence-electron chi connectivity index (χ1n) is 12.0. The third-order valence-electron chi connectivity index (χ3n) is 6.31. The van der Waals surface area contributed by atoms with Crippen LogP contribution in [0.5, 0.6) is 17.2 Å². The average molecular weight is 500 g/mol. The number of carbonyl (C=O) groups is 2. The number of nitro groups is 1. The van der Waals surface area contributed by atoms with Gasteiger partial charge in [0.1, 0.15) is 17.5 Å². The van der Waals surface area contributed by atoms with Crippen molar-refractivity contribution >= 4 is 17.5 Å². The lowest BCUT2D eigenvalue weighted by Crippen LogP contribution is -2.52. The zero-order chi connectivity index (χ0) is 26.1. The van der Waals surface area contributed by atoms with Gasteiger partial charge in [-0.1, -0.05) is 31.9 Å². The predicted octanol–water partition coefficient (Wildman–Crippen LogP) is 3.86. The number of nitrogens with zero attached hydrogens (tertiary/aromatic N) is 2. The molecule has 10 nitrogen and oxygen atoms in total. The minimum absolute atomic E-state index is 0.0300. The Morgan fingerprint density at radius 2 is 1.75 bits per heavy atom. The van der Waals surface area contributed by atoms with Crippen molar-refractivity contribution in [1.82, 2.24) is 10.2 Å². The number of carbonyl (C=O) groups excluding carboxylic acids is 2. The quantitative estimate of drug-likeness (QED) is 0.348. The Bertz CT molecular complexity index is 1050. The summed E-state index contributed by atoms with van der Waals surface area (Å²) < 4.78 is 15.9. The van der Waals surface area contributed by atoms with Crippen LogP contribution < -0.4 is 19.5 Å². The third-order valence-corrected chi connectivity index (χ3v) is 6.31. The highest BCUT2D eigenvalue weighted by Crippen LogP contribution is 2.31. The fourth-order valence-electron chi connectivity index (χ4n) is 4.34.